The molecule has 5 atom stereocenters. The fourth-order valence-electron chi connectivity index (χ4n) is 7.67. The molecule has 45 heavy (non-hydrogen) atoms. The van der Waals surface area contributed by atoms with E-state index in [-0.39, 0.29) is 29.6 Å². The minimum Gasteiger partial charge on any atom is -0.494 e. The zero-order valence-corrected chi connectivity index (χ0v) is 27.4. The number of aliphatic hydroxyl groups is 1. The molecule has 3 amide bonds. The number of nitrogens with zero attached hydrogens (tertiary/aromatic N) is 3. The number of benzene rings is 2. The molecule has 0 saturated carbocycles. The molecule has 1 N–H and O–H groups in total. The molecule has 0 aromatic heterocycles. The summed E-state index contributed by atoms with van der Waals surface area (Å²) in [7, 11) is 0. The van der Waals surface area contributed by atoms with Crippen LogP contribution in [0.25, 0.3) is 0 Å². The summed E-state index contributed by atoms with van der Waals surface area (Å²) in [5.74, 6) is -0.838. The molecule has 5 rings (SSSR count). The van der Waals surface area contributed by atoms with Crippen LogP contribution in [0.5, 0.6) is 5.75 Å². The van der Waals surface area contributed by atoms with Crippen molar-refractivity contribution in [3.8, 4) is 5.75 Å². The van der Waals surface area contributed by atoms with Crippen molar-refractivity contribution in [1.82, 2.24) is 4.90 Å². The second kappa shape index (κ2) is 13.8. The van der Waals surface area contributed by atoms with Gasteiger partial charge in [-0.3, -0.25) is 14.4 Å². The van der Waals surface area contributed by atoms with Crippen molar-refractivity contribution in [2.24, 2.45) is 11.8 Å². The van der Waals surface area contributed by atoms with Gasteiger partial charge in [0.1, 0.15) is 11.8 Å². The number of aliphatic hydroxyl groups excluding tert-OH is 1. The molecule has 3 aliphatic rings. The van der Waals surface area contributed by atoms with Crippen molar-refractivity contribution >= 4 is 40.9 Å². The Morgan fingerprint density at radius 2 is 1.71 bits per heavy atom. The minimum absolute atomic E-state index is 0.0107. The highest BCUT2D eigenvalue weighted by molar-refractivity contribution is 8.02. The predicted molar refractivity (Wildman–Crippen MR) is 181 cm³/mol. The number of amides is 3. The first-order valence-electron chi connectivity index (χ1n) is 16.0. The number of rotatable bonds is 14. The van der Waals surface area contributed by atoms with Gasteiger partial charge < -0.3 is 24.5 Å². The van der Waals surface area contributed by atoms with Crippen molar-refractivity contribution in [2.75, 3.05) is 42.6 Å². The summed E-state index contributed by atoms with van der Waals surface area (Å²) in [6, 6.07) is 12.7. The Balaban J connectivity index is 1.54. The number of thioether (sulfide) groups is 1. The monoisotopic (exact) mass is 631 g/mol. The van der Waals surface area contributed by atoms with Crippen LogP contribution < -0.4 is 14.5 Å². The Morgan fingerprint density at radius 3 is 2.33 bits per heavy atom. The first kappa shape index (κ1) is 32.8. The number of unbranched alkanes of at least 4 members (excludes halogenated alkanes) is 1. The van der Waals surface area contributed by atoms with Gasteiger partial charge in [-0.2, -0.15) is 0 Å². The number of aryl methyl sites for hydroxylation is 2. The molecule has 240 valence electrons. The van der Waals surface area contributed by atoms with Gasteiger partial charge in [-0.15, -0.1) is 24.9 Å². The number of carbonyl (C=O) groups is 3. The van der Waals surface area contributed by atoms with E-state index in [2.05, 4.69) is 13.2 Å². The maximum absolute atomic E-state index is 14.9. The Kier molecular flexibility index (Phi) is 10.1. The van der Waals surface area contributed by atoms with E-state index < -0.39 is 22.6 Å². The van der Waals surface area contributed by atoms with Crippen LogP contribution in [0, 0.1) is 25.7 Å². The first-order valence-corrected chi connectivity index (χ1v) is 16.8. The van der Waals surface area contributed by atoms with Gasteiger partial charge in [0.05, 0.1) is 23.2 Å². The second-order valence-corrected chi connectivity index (χ2v) is 13.8. The molecule has 2 aromatic carbocycles. The maximum atomic E-state index is 14.9. The zero-order valence-electron chi connectivity index (χ0n) is 26.6. The largest absolute Gasteiger partial charge is 0.494 e. The molecule has 8 nitrogen and oxygen atoms in total. The van der Waals surface area contributed by atoms with Crippen molar-refractivity contribution in [3.05, 3.63) is 78.9 Å². The number of ether oxygens (including phenoxy) is 1. The number of hydrogen-bond donors (Lipinski definition) is 1. The van der Waals surface area contributed by atoms with Crippen LogP contribution in [0.3, 0.4) is 0 Å². The van der Waals surface area contributed by atoms with Gasteiger partial charge in [0.25, 0.3) is 5.91 Å². The molecule has 1 spiro atoms. The van der Waals surface area contributed by atoms with E-state index in [1.807, 2.05) is 63.2 Å². The van der Waals surface area contributed by atoms with Gasteiger partial charge in [-0.1, -0.05) is 30.4 Å². The molecule has 0 radical (unpaired) electrons. The lowest BCUT2D eigenvalue weighted by molar-refractivity contribution is -0.139. The molecule has 3 fully saturated rings. The van der Waals surface area contributed by atoms with Gasteiger partial charge >= 0.3 is 0 Å². The van der Waals surface area contributed by atoms with Crippen LogP contribution in [-0.2, 0) is 14.4 Å². The number of hydrogen-bond acceptors (Lipinski definition) is 6. The Labute approximate surface area is 271 Å². The predicted octanol–water partition coefficient (Wildman–Crippen LogP) is 5.30. The lowest BCUT2D eigenvalue weighted by atomic mass is 9.70. The number of para-hydroxylation sites is 1. The van der Waals surface area contributed by atoms with Gasteiger partial charge in [0.15, 0.2) is 0 Å². The smallest absolute Gasteiger partial charge is 0.251 e. The molecule has 0 aliphatic carbocycles. The highest BCUT2D eigenvalue weighted by Crippen LogP contribution is 2.67. The molecule has 2 bridgehead atoms. The summed E-state index contributed by atoms with van der Waals surface area (Å²) in [5.41, 5.74) is 3.50. The quantitative estimate of drug-likeness (QED) is 0.225. The van der Waals surface area contributed by atoms with Crippen LogP contribution in [-0.4, -0.2) is 76.6 Å². The van der Waals surface area contributed by atoms with E-state index in [4.69, 9.17) is 4.74 Å². The average molecular weight is 632 g/mol. The first-order chi connectivity index (χ1) is 21.7. The average Bonchev–Trinajstić information content (AvgIpc) is 3.67. The van der Waals surface area contributed by atoms with Crippen molar-refractivity contribution in [3.63, 3.8) is 0 Å². The molecule has 3 heterocycles. The third-order valence-corrected chi connectivity index (χ3v) is 11.4. The van der Waals surface area contributed by atoms with Crippen molar-refractivity contribution in [1.29, 1.82) is 0 Å². The third-order valence-electron chi connectivity index (χ3n) is 9.45. The summed E-state index contributed by atoms with van der Waals surface area (Å²) in [5, 5.41) is 9.47. The fourth-order valence-corrected chi connectivity index (χ4v) is 9.87. The molecular formula is C36H45N3O5S. The highest BCUT2D eigenvalue weighted by Gasteiger charge is 2.74. The highest BCUT2D eigenvalue weighted by atomic mass is 32.2. The normalized spacial score (nSPS) is 24.8. The van der Waals surface area contributed by atoms with Crippen LogP contribution in [0.1, 0.15) is 43.7 Å². The summed E-state index contributed by atoms with van der Waals surface area (Å²) in [6.07, 6.45) is 5.97. The zero-order chi connectivity index (χ0) is 32.3. The topological polar surface area (TPSA) is 90.4 Å². The van der Waals surface area contributed by atoms with Crippen LogP contribution in [0.15, 0.2) is 67.8 Å². The van der Waals surface area contributed by atoms with Gasteiger partial charge in [-0.05, 0) is 81.8 Å². The van der Waals surface area contributed by atoms with E-state index in [9.17, 15) is 19.5 Å². The molecule has 3 saturated heterocycles. The number of likely N-dealkylation sites (tertiary alicyclic amines) is 1. The standard InChI is InChI=1S/C36H45N3O5S/c1-6-20-37(26-14-16-27(17-15-26)44-8-3)33(41)29-28-18-19-36(45-28)30(29)34(42)39(22-9-10-23-40)32(36)35(43)38(21-7-2)31-24(4)12-11-13-25(31)5/h6-7,11-17,28-30,32,40H,1-2,8-10,18-23H2,3-5H3/t28-,29+,30+,32?,36?/m1/s1. The minimum atomic E-state index is -0.723. The second-order valence-electron chi connectivity index (χ2n) is 12.2. The summed E-state index contributed by atoms with van der Waals surface area (Å²) in [4.78, 5) is 49.2. The van der Waals surface area contributed by atoms with Crippen LogP contribution in [0.4, 0.5) is 11.4 Å². The Bertz CT molecular complexity index is 1420. The van der Waals surface area contributed by atoms with E-state index in [0.29, 0.717) is 45.5 Å². The van der Waals surface area contributed by atoms with Crippen molar-refractivity contribution in [2.45, 2.75) is 62.5 Å². The lowest BCUT2D eigenvalue weighted by Crippen LogP contribution is -2.55. The Morgan fingerprint density at radius 1 is 1.04 bits per heavy atom. The third kappa shape index (κ3) is 5.81. The molecule has 2 unspecified atom stereocenters. The molecular weight excluding hydrogens is 586 g/mol. The van der Waals surface area contributed by atoms with Gasteiger partial charge in [-0.25, -0.2) is 0 Å². The Hall–Kier alpha value is -3.56. The van der Waals surface area contributed by atoms with E-state index in [1.54, 1.807) is 38.6 Å². The van der Waals surface area contributed by atoms with Gasteiger partial charge in [0.2, 0.25) is 11.8 Å². The lowest BCUT2D eigenvalue weighted by Gasteiger charge is -2.38. The molecule has 3 aliphatic heterocycles. The molecule has 9 heteroatoms. The summed E-state index contributed by atoms with van der Waals surface area (Å²) in [6.45, 7) is 15.3. The van der Waals surface area contributed by atoms with Crippen molar-refractivity contribution < 1.29 is 24.2 Å². The van der Waals surface area contributed by atoms with E-state index in [1.165, 1.54) is 0 Å². The van der Waals surface area contributed by atoms with Gasteiger partial charge in [0, 0.05) is 42.9 Å². The summed E-state index contributed by atoms with van der Waals surface area (Å²) >= 11 is 1.67. The number of fused-ring (bicyclic) bond motifs is 1. The maximum Gasteiger partial charge on any atom is 0.251 e. The van der Waals surface area contributed by atoms with Crippen LogP contribution >= 0.6 is 11.8 Å². The summed E-state index contributed by atoms with van der Waals surface area (Å²) < 4.78 is 4.89. The fraction of sp³-hybridized carbons (Fsp3) is 0.472. The number of anilines is 2. The SMILES string of the molecule is C=CCN(C(=O)[C@@H]1[C@H]2C(=O)N(CCCCO)C(C(=O)N(CC=C)c3c(C)cccc3C)C23CC[C@H]1S3)c1ccc(OCC)cc1. The van der Waals surface area contributed by atoms with E-state index >= 15 is 0 Å². The molecule has 2 aromatic rings. The van der Waals surface area contributed by atoms with E-state index in [0.717, 1.165) is 34.7 Å². The number of carbonyl (C=O) groups excluding carboxylic acids is 3. The van der Waals surface area contributed by atoms with Crippen LogP contribution in [0.2, 0.25) is 0 Å².